The zero-order valence-electron chi connectivity index (χ0n) is 8.60. The number of carboxylic acids is 2. The molecule has 0 rings (SSSR count). The largest absolute Gasteiger partial charge is 0.481 e. The molecule has 0 heterocycles. The first-order valence-electron chi connectivity index (χ1n) is 4.63. The number of aliphatic carboxylic acids is 2. The monoisotopic (exact) mass is 230 g/mol. The van der Waals surface area contributed by atoms with Crippen molar-refractivity contribution in [2.45, 2.75) is 6.42 Å². The van der Waals surface area contributed by atoms with Gasteiger partial charge < -0.3 is 20.8 Å². The van der Waals surface area contributed by atoms with Crippen LogP contribution >= 0.6 is 0 Å². The smallest absolute Gasteiger partial charge is 0.352 e. The Morgan fingerprint density at radius 2 is 1.81 bits per heavy atom. The van der Waals surface area contributed by atoms with Crippen molar-refractivity contribution in [3.63, 3.8) is 0 Å². The van der Waals surface area contributed by atoms with Crippen LogP contribution in [0.4, 0.5) is 0 Å². The van der Waals surface area contributed by atoms with Gasteiger partial charge in [0.2, 0.25) is 0 Å². The molecule has 0 aromatic rings. The second kappa shape index (κ2) is 8.42. The van der Waals surface area contributed by atoms with E-state index < -0.39 is 11.9 Å². The lowest BCUT2D eigenvalue weighted by molar-refractivity contribution is -0.137. The number of carbonyl (C=O) groups is 3. The van der Waals surface area contributed by atoms with Gasteiger partial charge in [-0.25, -0.2) is 4.79 Å². The molecule has 0 aromatic carbocycles. The van der Waals surface area contributed by atoms with E-state index in [-0.39, 0.29) is 12.1 Å². The lowest BCUT2D eigenvalue weighted by Crippen LogP contribution is -2.30. The molecular formula is C9H14N2O5. The van der Waals surface area contributed by atoms with Crippen molar-refractivity contribution in [2.24, 2.45) is 0 Å². The van der Waals surface area contributed by atoms with Gasteiger partial charge in [0.1, 0.15) is 12.0 Å². The maximum absolute atomic E-state index is 10.5. The summed E-state index contributed by atoms with van der Waals surface area (Å²) in [5, 5.41) is 22.2. The Morgan fingerprint density at radius 1 is 1.12 bits per heavy atom. The number of hydrogen-bond acceptors (Lipinski definition) is 5. The number of rotatable bonds is 9. The van der Waals surface area contributed by atoms with Gasteiger partial charge in [-0.1, -0.05) is 0 Å². The summed E-state index contributed by atoms with van der Waals surface area (Å²) in [5.74, 6) is -2.11. The van der Waals surface area contributed by atoms with Crippen molar-refractivity contribution in [2.75, 3.05) is 19.6 Å². The minimum Gasteiger partial charge on any atom is -0.481 e. The number of allylic oxidation sites excluding steroid dienone is 1. The van der Waals surface area contributed by atoms with E-state index in [0.29, 0.717) is 25.9 Å². The molecule has 0 aliphatic rings. The molecule has 0 saturated heterocycles. The van der Waals surface area contributed by atoms with E-state index in [4.69, 9.17) is 10.2 Å². The second-order valence-electron chi connectivity index (χ2n) is 2.84. The molecule has 16 heavy (non-hydrogen) atoms. The maximum Gasteiger partial charge on any atom is 0.352 e. The molecule has 7 nitrogen and oxygen atoms in total. The Bertz CT molecular complexity index is 288. The summed E-state index contributed by atoms with van der Waals surface area (Å²) in [5.41, 5.74) is -0.185. The van der Waals surface area contributed by atoms with E-state index in [0.717, 1.165) is 6.08 Å². The number of carbonyl (C=O) groups excluding carboxylic acids is 1. The van der Waals surface area contributed by atoms with E-state index in [1.54, 1.807) is 0 Å². The first kappa shape index (κ1) is 14.1. The molecule has 90 valence electrons. The van der Waals surface area contributed by atoms with Crippen LogP contribution in [0.3, 0.4) is 0 Å². The molecule has 0 bridgehead atoms. The highest BCUT2D eigenvalue weighted by Gasteiger charge is 2.04. The van der Waals surface area contributed by atoms with Crippen molar-refractivity contribution in [3.05, 3.63) is 11.8 Å². The average molecular weight is 230 g/mol. The molecule has 0 amide bonds. The highest BCUT2D eigenvalue weighted by atomic mass is 16.4. The zero-order chi connectivity index (χ0) is 12.4. The third-order valence-electron chi connectivity index (χ3n) is 1.60. The molecule has 0 aliphatic carbocycles. The number of carboxylic acid groups (broad SMARTS) is 2. The molecule has 0 saturated carbocycles. The van der Waals surface area contributed by atoms with Gasteiger partial charge in [0.05, 0.1) is 6.42 Å². The van der Waals surface area contributed by atoms with E-state index in [2.05, 4.69) is 10.6 Å². The van der Waals surface area contributed by atoms with Gasteiger partial charge in [-0.05, 0) is 0 Å². The molecule has 0 aromatic heterocycles. The maximum atomic E-state index is 10.5. The number of nitrogens with one attached hydrogen (secondary N) is 2. The van der Waals surface area contributed by atoms with Crippen molar-refractivity contribution in [1.82, 2.24) is 10.6 Å². The minimum atomic E-state index is -1.21. The van der Waals surface area contributed by atoms with Gasteiger partial charge in [-0.3, -0.25) is 9.59 Å². The minimum absolute atomic E-state index is 0.00989. The van der Waals surface area contributed by atoms with Gasteiger partial charge in [-0.15, -0.1) is 0 Å². The molecule has 0 radical (unpaired) electrons. The summed E-state index contributed by atoms with van der Waals surface area (Å²) >= 11 is 0. The second-order valence-corrected chi connectivity index (χ2v) is 2.84. The average Bonchev–Trinajstić information content (AvgIpc) is 2.20. The first-order chi connectivity index (χ1) is 7.57. The predicted octanol–water partition coefficient (Wildman–Crippen LogP) is -1.19. The van der Waals surface area contributed by atoms with Gasteiger partial charge in [0.15, 0.2) is 0 Å². The van der Waals surface area contributed by atoms with Crippen LogP contribution in [-0.4, -0.2) is 48.1 Å². The van der Waals surface area contributed by atoms with Crippen molar-refractivity contribution >= 4 is 18.2 Å². The number of hydrogen-bond donors (Lipinski definition) is 4. The van der Waals surface area contributed by atoms with Crippen LogP contribution in [0, 0.1) is 0 Å². The quantitative estimate of drug-likeness (QED) is 0.223. The summed E-state index contributed by atoms with van der Waals surface area (Å²) in [7, 11) is 0. The number of aldehydes is 1. The van der Waals surface area contributed by atoms with Gasteiger partial charge in [-0.2, -0.15) is 0 Å². The van der Waals surface area contributed by atoms with Crippen LogP contribution in [0.15, 0.2) is 11.8 Å². The third-order valence-corrected chi connectivity index (χ3v) is 1.60. The Morgan fingerprint density at radius 3 is 2.31 bits per heavy atom. The Balaban J connectivity index is 3.64. The van der Waals surface area contributed by atoms with Crippen LogP contribution in [0.25, 0.3) is 0 Å². The van der Waals surface area contributed by atoms with Crippen LogP contribution in [0.2, 0.25) is 0 Å². The first-order valence-corrected chi connectivity index (χ1v) is 4.63. The van der Waals surface area contributed by atoms with Crippen LogP contribution in [0.1, 0.15) is 6.42 Å². The molecule has 0 spiro atoms. The van der Waals surface area contributed by atoms with Crippen molar-refractivity contribution in [1.29, 1.82) is 0 Å². The summed E-state index contributed by atoms with van der Waals surface area (Å²) < 4.78 is 0. The lowest BCUT2D eigenvalue weighted by atomic mass is 10.4. The van der Waals surface area contributed by atoms with E-state index >= 15 is 0 Å². The van der Waals surface area contributed by atoms with Crippen LogP contribution in [-0.2, 0) is 14.4 Å². The summed E-state index contributed by atoms with van der Waals surface area (Å²) in [6.45, 7) is 1.03. The van der Waals surface area contributed by atoms with Crippen LogP contribution in [0.5, 0.6) is 0 Å². The predicted molar refractivity (Wildman–Crippen MR) is 54.9 cm³/mol. The van der Waals surface area contributed by atoms with Crippen LogP contribution < -0.4 is 10.6 Å². The Kier molecular flexibility index (Phi) is 7.43. The molecule has 7 heteroatoms. The fraction of sp³-hybridized carbons (Fsp3) is 0.444. The Hall–Kier alpha value is -1.89. The lowest BCUT2D eigenvalue weighted by Gasteiger charge is -2.06. The van der Waals surface area contributed by atoms with Crippen molar-refractivity contribution < 1.29 is 24.6 Å². The zero-order valence-corrected chi connectivity index (χ0v) is 8.60. The molecule has 0 fully saturated rings. The standard InChI is InChI=1S/C9H14N2O5/c12-6-2-7(9(15)16)11-5-4-10-3-1-8(13)14/h2,6,10-11H,1,3-5H2,(H,13,14)(H,15,16)/b7-2-. The highest BCUT2D eigenvalue weighted by molar-refractivity contribution is 5.90. The topological polar surface area (TPSA) is 116 Å². The normalized spacial score (nSPS) is 10.9. The summed E-state index contributed by atoms with van der Waals surface area (Å²) in [6, 6.07) is 0. The fourth-order valence-electron chi connectivity index (χ4n) is 0.880. The van der Waals surface area contributed by atoms with E-state index in [1.807, 2.05) is 0 Å². The summed E-state index contributed by atoms with van der Waals surface area (Å²) in [6.07, 6.45) is 1.31. The molecule has 4 N–H and O–H groups in total. The fourth-order valence-corrected chi connectivity index (χ4v) is 0.880. The molecular weight excluding hydrogens is 216 g/mol. The molecule has 0 aliphatic heterocycles. The Labute approximate surface area is 92.1 Å². The van der Waals surface area contributed by atoms with Crippen molar-refractivity contribution in [3.8, 4) is 0 Å². The molecule has 0 unspecified atom stereocenters. The van der Waals surface area contributed by atoms with E-state index in [9.17, 15) is 14.4 Å². The van der Waals surface area contributed by atoms with Gasteiger partial charge >= 0.3 is 11.9 Å². The highest BCUT2D eigenvalue weighted by Crippen LogP contribution is 1.85. The van der Waals surface area contributed by atoms with Gasteiger partial charge in [0.25, 0.3) is 0 Å². The van der Waals surface area contributed by atoms with Gasteiger partial charge in [0, 0.05) is 25.7 Å². The van der Waals surface area contributed by atoms with E-state index in [1.165, 1.54) is 0 Å². The SMILES string of the molecule is O=C/C=C(\NCCNCCC(=O)O)C(=O)O. The molecule has 0 atom stereocenters. The summed E-state index contributed by atoms with van der Waals surface area (Å²) in [4.78, 5) is 30.7. The third kappa shape index (κ3) is 7.51.